The van der Waals surface area contributed by atoms with E-state index in [9.17, 15) is 0 Å². The van der Waals surface area contributed by atoms with Crippen LogP contribution in [0.15, 0.2) is 0 Å². The van der Waals surface area contributed by atoms with Crippen LogP contribution in [-0.2, 0) is 0 Å². The lowest BCUT2D eigenvalue weighted by molar-refractivity contribution is 0.241. The van der Waals surface area contributed by atoms with Gasteiger partial charge in [0.25, 0.3) is 0 Å². The summed E-state index contributed by atoms with van der Waals surface area (Å²) in [5.74, 6) is 0. The van der Waals surface area contributed by atoms with Crippen LogP contribution in [0.2, 0.25) is 0 Å². The van der Waals surface area contributed by atoms with Gasteiger partial charge < -0.3 is 5.32 Å². The average Bonchev–Trinajstić information content (AvgIpc) is 1.52. The van der Waals surface area contributed by atoms with Crippen molar-refractivity contribution in [2.24, 2.45) is 0 Å². The van der Waals surface area contributed by atoms with E-state index in [1.807, 2.05) is 0 Å². The molecule has 1 N–H and O–H groups in total. The highest BCUT2D eigenvalue weighted by Crippen LogP contribution is 2.29. The number of thiol groups is 1. The lowest BCUT2D eigenvalue weighted by atomic mass is 9.87. The zero-order chi connectivity index (χ0) is 10.2. The van der Waals surface area contributed by atoms with Crippen molar-refractivity contribution >= 4 is 12.6 Å². The van der Waals surface area contributed by atoms with Crippen molar-refractivity contribution < 1.29 is 0 Å². The molecule has 0 aliphatic carbocycles. The van der Waals surface area contributed by atoms with Gasteiger partial charge in [-0.1, -0.05) is 0 Å². The monoisotopic (exact) mass is 189 g/mol. The first kappa shape index (κ1) is 12.3. The van der Waals surface area contributed by atoms with Gasteiger partial charge in [-0.05, 0) is 48.5 Å². The third kappa shape index (κ3) is 3.81. The van der Waals surface area contributed by atoms with E-state index in [4.69, 9.17) is 0 Å². The van der Waals surface area contributed by atoms with Crippen molar-refractivity contribution in [1.82, 2.24) is 5.32 Å². The molecule has 0 atom stereocenters. The van der Waals surface area contributed by atoms with E-state index in [0.29, 0.717) is 0 Å². The van der Waals surface area contributed by atoms with E-state index in [1.54, 1.807) is 0 Å². The standard InChI is InChI=1S/C10H23NS/c1-8(2,3)11-9(4,5)10(6,7)12/h11-12H,1-7H3. The molecule has 0 saturated carbocycles. The largest absolute Gasteiger partial charge is 0.306 e. The SMILES string of the molecule is CC(C)(C)NC(C)(C)C(C)(C)S. The molecule has 2 heteroatoms. The Morgan fingerprint density at radius 3 is 1.25 bits per heavy atom. The van der Waals surface area contributed by atoms with Crippen LogP contribution in [0, 0.1) is 0 Å². The van der Waals surface area contributed by atoms with Crippen LogP contribution in [0.25, 0.3) is 0 Å². The molecule has 0 heterocycles. The normalized spacial score (nSPS) is 15.0. The number of nitrogens with one attached hydrogen (secondary N) is 1. The number of hydrogen-bond donors (Lipinski definition) is 2. The van der Waals surface area contributed by atoms with E-state index in [-0.39, 0.29) is 15.8 Å². The van der Waals surface area contributed by atoms with Crippen LogP contribution < -0.4 is 5.32 Å². The molecule has 0 aromatic heterocycles. The Morgan fingerprint density at radius 2 is 1.17 bits per heavy atom. The maximum atomic E-state index is 4.58. The smallest absolute Gasteiger partial charge is 0.0268 e. The molecule has 1 nitrogen and oxygen atoms in total. The molecule has 12 heavy (non-hydrogen) atoms. The summed E-state index contributed by atoms with van der Waals surface area (Å²) < 4.78 is -0.0136. The Hall–Kier alpha value is 0.310. The fourth-order valence-corrected chi connectivity index (χ4v) is 1.15. The fourth-order valence-electron chi connectivity index (χ4n) is 1.09. The van der Waals surface area contributed by atoms with Crippen LogP contribution in [0.4, 0.5) is 0 Å². The topological polar surface area (TPSA) is 12.0 Å². The highest BCUT2D eigenvalue weighted by Gasteiger charge is 2.36. The van der Waals surface area contributed by atoms with Gasteiger partial charge in [0.15, 0.2) is 0 Å². The zero-order valence-electron chi connectivity index (χ0n) is 9.45. The van der Waals surface area contributed by atoms with Gasteiger partial charge in [0, 0.05) is 15.8 Å². The van der Waals surface area contributed by atoms with Crippen molar-refractivity contribution in [1.29, 1.82) is 0 Å². The molecule has 0 bridgehead atoms. The summed E-state index contributed by atoms with van der Waals surface area (Å²) in [6, 6.07) is 0. The van der Waals surface area contributed by atoms with Crippen LogP contribution in [0.3, 0.4) is 0 Å². The van der Waals surface area contributed by atoms with Crippen molar-refractivity contribution in [2.75, 3.05) is 0 Å². The van der Waals surface area contributed by atoms with E-state index in [2.05, 4.69) is 66.4 Å². The Balaban J connectivity index is 4.44. The third-order valence-electron chi connectivity index (χ3n) is 2.22. The summed E-state index contributed by atoms with van der Waals surface area (Å²) in [7, 11) is 0. The summed E-state index contributed by atoms with van der Waals surface area (Å²) >= 11 is 4.58. The summed E-state index contributed by atoms with van der Waals surface area (Å²) in [5.41, 5.74) is 0.178. The molecule has 74 valence electrons. The molecule has 0 unspecified atom stereocenters. The maximum absolute atomic E-state index is 4.58. The second-order valence-corrected chi connectivity index (χ2v) is 6.68. The quantitative estimate of drug-likeness (QED) is 0.637. The Bertz CT molecular complexity index is 148. The Morgan fingerprint density at radius 1 is 0.833 bits per heavy atom. The lowest BCUT2D eigenvalue weighted by Gasteiger charge is -2.43. The first-order valence-corrected chi connectivity index (χ1v) is 4.92. The van der Waals surface area contributed by atoms with Gasteiger partial charge >= 0.3 is 0 Å². The molecular weight excluding hydrogens is 166 g/mol. The molecule has 0 aliphatic heterocycles. The average molecular weight is 189 g/mol. The van der Waals surface area contributed by atoms with Gasteiger partial charge in [0.05, 0.1) is 0 Å². The molecule has 0 amide bonds. The molecular formula is C10H23NS. The first-order chi connectivity index (χ1) is 4.96. The van der Waals surface area contributed by atoms with Crippen molar-refractivity contribution in [3.05, 3.63) is 0 Å². The van der Waals surface area contributed by atoms with E-state index in [1.165, 1.54) is 0 Å². The van der Waals surface area contributed by atoms with Gasteiger partial charge in [-0.25, -0.2) is 0 Å². The van der Waals surface area contributed by atoms with Crippen molar-refractivity contribution in [3.63, 3.8) is 0 Å². The van der Waals surface area contributed by atoms with Crippen LogP contribution in [-0.4, -0.2) is 15.8 Å². The molecule has 0 aliphatic rings. The first-order valence-electron chi connectivity index (χ1n) is 4.47. The fraction of sp³-hybridized carbons (Fsp3) is 1.00. The Kier molecular flexibility index (Phi) is 3.31. The molecule has 0 rings (SSSR count). The summed E-state index contributed by atoms with van der Waals surface area (Å²) in [5, 5.41) is 3.56. The second kappa shape index (κ2) is 3.22. The minimum absolute atomic E-state index is 0.0136. The molecule has 0 aromatic carbocycles. The van der Waals surface area contributed by atoms with Crippen LogP contribution >= 0.6 is 12.6 Å². The predicted molar refractivity (Wildman–Crippen MR) is 60.0 cm³/mol. The highest BCUT2D eigenvalue weighted by atomic mass is 32.1. The van der Waals surface area contributed by atoms with E-state index < -0.39 is 0 Å². The molecule has 0 radical (unpaired) electrons. The van der Waals surface area contributed by atoms with Crippen molar-refractivity contribution in [2.45, 2.75) is 64.3 Å². The minimum atomic E-state index is -0.0136. The van der Waals surface area contributed by atoms with Gasteiger partial charge in [0.2, 0.25) is 0 Å². The predicted octanol–water partition coefficient (Wildman–Crippen LogP) is 2.86. The van der Waals surface area contributed by atoms with Crippen LogP contribution in [0.5, 0.6) is 0 Å². The van der Waals surface area contributed by atoms with E-state index in [0.717, 1.165) is 0 Å². The minimum Gasteiger partial charge on any atom is -0.306 e. The second-order valence-electron chi connectivity index (χ2n) is 5.56. The Labute approximate surface area is 82.7 Å². The summed E-state index contributed by atoms with van der Waals surface area (Å²) in [4.78, 5) is 0. The maximum Gasteiger partial charge on any atom is 0.0268 e. The lowest BCUT2D eigenvalue weighted by Crippen LogP contribution is -2.59. The highest BCUT2D eigenvalue weighted by molar-refractivity contribution is 7.81. The number of hydrogen-bond acceptors (Lipinski definition) is 2. The summed E-state index contributed by atoms with van der Waals surface area (Å²) in [6.45, 7) is 15.2. The van der Waals surface area contributed by atoms with Gasteiger partial charge in [0.1, 0.15) is 0 Å². The van der Waals surface area contributed by atoms with E-state index >= 15 is 0 Å². The van der Waals surface area contributed by atoms with Gasteiger partial charge in [-0.15, -0.1) is 0 Å². The third-order valence-corrected chi connectivity index (χ3v) is 2.78. The number of rotatable bonds is 2. The summed E-state index contributed by atoms with van der Waals surface area (Å²) in [6.07, 6.45) is 0. The molecule has 0 saturated heterocycles. The molecule has 0 aromatic rings. The van der Waals surface area contributed by atoms with Gasteiger partial charge in [-0.3, -0.25) is 0 Å². The molecule has 0 spiro atoms. The van der Waals surface area contributed by atoms with Gasteiger partial charge in [-0.2, -0.15) is 12.6 Å². The molecule has 0 fully saturated rings. The zero-order valence-corrected chi connectivity index (χ0v) is 10.3. The van der Waals surface area contributed by atoms with Crippen LogP contribution in [0.1, 0.15) is 48.5 Å². The van der Waals surface area contributed by atoms with Crippen molar-refractivity contribution in [3.8, 4) is 0 Å².